The fraction of sp³-hybridized carbons (Fsp3) is 0.571. The van der Waals surface area contributed by atoms with E-state index in [-0.39, 0.29) is 28.4 Å². The number of amides is 1. The first-order valence-electron chi connectivity index (χ1n) is 13.6. The van der Waals surface area contributed by atoms with Crippen molar-refractivity contribution < 1.29 is 22.7 Å². The Labute approximate surface area is 230 Å². The molecule has 6 rings (SSSR count). The summed E-state index contributed by atoms with van der Waals surface area (Å²) in [6.45, 7) is 4.75. The number of alkyl halides is 2. The van der Waals surface area contributed by atoms with E-state index in [0.717, 1.165) is 56.5 Å². The van der Waals surface area contributed by atoms with Gasteiger partial charge in [-0.15, -0.1) is 0 Å². The lowest BCUT2D eigenvalue weighted by atomic mass is 9.99. The molecule has 4 heterocycles. The molecule has 1 aromatic carbocycles. The van der Waals surface area contributed by atoms with Gasteiger partial charge in [-0.1, -0.05) is 18.2 Å². The summed E-state index contributed by atoms with van der Waals surface area (Å²) in [6, 6.07) is 5.25. The second-order valence-corrected chi connectivity index (χ2v) is 11.4. The maximum Gasteiger partial charge on any atom is 0.266 e. The van der Waals surface area contributed by atoms with Crippen LogP contribution >= 0.6 is 11.6 Å². The van der Waals surface area contributed by atoms with Crippen LogP contribution in [0.2, 0.25) is 5.28 Å². The van der Waals surface area contributed by atoms with E-state index in [1.165, 1.54) is 12.1 Å². The molecule has 0 radical (unpaired) electrons. The molecule has 2 bridgehead atoms. The second kappa shape index (κ2) is 10.8. The molecular formula is C28H31ClF3N5O2. The highest BCUT2D eigenvalue weighted by Gasteiger charge is 2.46. The number of halogens is 4. The number of benzene rings is 1. The Kier molecular flexibility index (Phi) is 7.37. The zero-order chi connectivity index (χ0) is 27.3. The Bertz CT molecular complexity index is 1290. The van der Waals surface area contributed by atoms with Crippen LogP contribution in [0.25, 0.3) is 0 Å². The largest absolute Gasteiger partial charge is 0.378 e. The van der Waals surface area contributed by atoms with Crippen LogP contribution in [0.5, 0.6) is 0 Å². The minimum Gasteiger partial charge on any atom is -0.378 e. The first-order chi connectivity index (χ1) is 18.8. The van der Waals surface area contributed by atoms with Gasteiger partial charge in [0.2, 0.25) is 11.2 Å². The minimum atomic E-state index is -2.92. The number of likely N-dealkylation sites (tertiary alicyclic amines) is 1. The van der Waals surface area contributed by atoms with Gasteiger partial charge in [0.1, 0.15) is 5.82 Å². The Hall–Kier alpha value is -2.56. The third-order valence-electron chi connectivity index (χ3n) is 8.65. The third-order valence-corrected chi connectivity index (χ3v) is 8.81. The standard InChI is InChI=1S/C28H31ClF3N5O2/c1-15(20-3-2-4-21(25(20)30)26(31)32)33-27-22-9-16(10-23(22)34-28(29)35-27)5-8-24(38)36-11-17-6-7-18(12-36)37(17)19-13-39-14-19/h2-4,16-19,26H,5-14H2,1H3. The van der Waals surface area contributed by atoms with Crippen molar-refractivity contribution in [2.45, 2.75) is 70.0 Å². The summed E-state index contributed by atoms with van der Waals surface area (Å²) in [4.78, 5) is 30.9. The van der Waals surface area contributed by atoms with Crippen molar-refractivity contribution in [3.63, 3.8) is 0 Å². The fourth-order valence-electron chi connectivity index (χ4n) is 6.63. The molecule has 3 fully saturated rings. The highest BCUT2D eigenvalue weighted by atomic mass is 35.5. The van der Waals surface area contributed by atoms with Crippen molar-refractivity contribution in [2.75, 3.05) is 26.3 Å². The zero-order valence-corrected chi connectivity index (χ0v) is 22.5. The lowest BCUT2D eigenvalue weighted by molar-refractivity contribution is -0.140. The quantitative estimate of drug-likeness (QED) is 0.355. The molecule has 0 saturated carbocycles. The number of aliphatic imine (C=N–C) groups is 1. The van der Waals surface area contributed by atoms with Gasteiger partial charge < -0.3 is 9.64 Å². The molecule has 7 nitrogen and oxygen atoms in total. The van der Waals surface area contributed by atoms with Gasteiger partial charge in [0.05, 0.1) is 30.5 Å². The molecule has 208 valence electrons. The SMILES string of the molecule is CC(=Nc1nc(Cl)nc2c1CC(CCC(=O)N1CC3CCC(C1)N3C1COC1)C2)c1cccc(C(F)F)c1F. The average Bonchev–Trinajstić information content (AvgIpc) is 3.37. The Morgan fingerprint density at radius 3 is 2.56 bits per heavy atom. The summed E-state index contributed by atoms with van der Waals surface area (Å²) < 4.78 is 46.4. The van der Waals surface area contributed by atoms with Gasteiger partial charge in [-0.25, -0.2) is 23.1 Å². The van der Waals surface area contributed by atoms with E-state index in [9.17, 15) is 18.0 Å². The zero-order valence-electron chi connectivity index (χ0n) is 21.8. The number of carbonyl (C=O) groups excluding carboxylic acids is 1. The number of hydrogen-bond donors (Lipinski definition) is 0. The molecule has 4 aliphatic rings. The maximum absolute atomic E-state index is 14.7. The topological polar surface area (TPSA) is 70.9 Å². The van der Waals surface area contributed by atoms with E-state index < -0.39 is 17.8 Å². The van der Waals surface area contributed by atoms with E-state index in [1.807, 2.05) is 4.90 Å². The molecule has 3 unspecified atom stereocenters. The maximum atomic E-state index is 14.7. The second-order valence-electron chi connectivity index (χ2n) is 11.1. The van der Waals surface area contributed by atoms with Crippen molar-refractivity contribution in [2.24, 2.45) is 10.9 Å². The van der Waals surface area contributed by atoms with Gasteiger partial charge in [-0.3, -0.25) is 9.69 Å². The molecule has 0 spiro atoms. The number of fused-ring (bicyclic) bond motifs is 3. The molecule has 2 aromatic rings. The van der Waals surface area contributed by atoms with Crippen molar-refractivity contribution >= 4 is 29.0 Å². The van der Waals surface area contributed by atoms with E-state index in [1.54, 1.807) is 6.92 Å². The number of hydrogen-bond acceptors (Lipinski definition) is 6. The van der Waals surface area contributed by atoms with Crippen molar-refractivity contribution in [1.82, 2.24) is 19.8 Å². The molecule has 1 aliphatic carbocycles. The number of ether oxygens (including phenoxy) is 1. The Morgan fingerprint density at radius 1 is 1.15 bits per heavy atom. The average molecular weight is 562 g/mol. The Morgan fingerprint density at radius 2 is 1.90 bits per heavy atom. The van der Waals surface area contributed by atoms with Crippen LogP contribution in [0.15, 0.2) is 23.2 Å². The molecule has 3 aliphatic heterocycles. The van der Waals surface area contributed by atoms with E-state index in [0.29, 0.717) is 49.6 Å². The molecule has 1 amide bonds. The summed E-state index contributed by atoms with van der Waals surface area (Å²) in [5.74, 6) is -0.280. The molecule has 3 atom stereocenters. The lowest BCUT2D eigenvalue weighted by Crippen LogP contribution is -2.62. The molecular weight excluding hydrogens is 531 g/mol. The minimum absolute atomic E-state index is 0.00433. The van der Waals surface area contributed by atoms with Crippen LogP contribution in [-0.4, -0.2) is 75.8 Å². The van der Waals surface area contributed by atoms with Gasteiger partial charge in [0, 0.05) is 48.4 Å². The molecule has 3 saturated heterocycles. The van der Waals surface area contributed by atoms with Gasteiger partial charge >= 0.3 is 0 Å². The number of carbonyl (C=O) groups is 1. The first-order valence-corrected chi connectivity index (χ1v) is 14.0. The number of nitrogens with zero attached hydrogens (tertiary/aromatic N) is 5. The fourth-order valence-corrected chi connectivity index (χ4v) is 6.81. The summed E-state index contributed by atoms with van der Waals surface area (Å²) in [5.41, 5.74) is 1.15. The summed E-state index contributed by atoms with van der Waals surface area (Å²) in [5, 5.41) is 0.0315. The van der Waals surface area contributed by atoms with Gasteiger partial charge in [0.25, 0.3) is 6.43 Å². The smallest absolute Gasteiger partial charge is 0.266 e. The van der Waals surface area contributed by atoms with Crippen molar-refractivity contribution in [3.05, 3.63) is 51.7 Å². The summed E-state index contributed by atoms with van der Waals surface area (Å²) >= 11 is 6.18. The lowest BCUT2D eigenvalue weighted by Gasteiger charge is -2.47. The first kappa shape index (κ1) is 26.7. The van der Waals surface area contributed by atoms with Crippen LogP contribution in [0.1, 0.15) is 61.4 Å². The van der Waals surface area contributed by atoms with E-state index >= 15 is 0 Å². The summed E-state index contributed by atoms with van der Waals surface area (Å²) in [7, 11) is 0. The van der Waals surface area contributed by atoms with E-state index in [4.69, 9.17) is 16.3 Å². The van der Waals surface area contributed by atoms with Crippen LogP contribution in [0, 0.1) is 11.7 Å². The number of rotatable bonds is 7. The third kappa shape index (κ3) is 5.18. The van der Waals surface area contributed by atoms with Gasteiger partial charge in [-0.05, 0) is 56.5 Å². The predicted molar refractivity (Wildman–Crippen MR) is 140 cm³/mol. The van der Waals surface area contributed by atoms with E-state index in [2.05, 4.69) is 19.9 Å². The van der Waals surface area contributed by atoms with Crippen LogP contribution in [-0.2, 0) is 22.4 Å². The normalized spacial score (nSPS) is 25.3. The molecule has 39 heavy (non-hydrogen) atoms. The van der Waals surface area contributed by atoms with Crippen molar-refractivity contribution in [3.8, 4) is 0 Å². The van der Waals surface area contributed by atoms with Crippen molar-refractivity contribution in [1.29, 1.82) is 0 Å². The molecule has 11 heteroatoms. The highest BCUT2D eigenvalue weighted by molar-refractivity contribution is 6.28. The summed E-state index contributed by atoms with van der Waals surface area (Å²) in [6.07, 6.45) is 1.83. The van der Waals surface area contributed by atoms with Crippen LogP contribution in [0.4, 0.5) is 19.0 Å². The predicted octanol–water partition coefficient (Wildman–Crippen LogP) is 4.92. The number of aromatic nitrogens is 2. The van der Waals surface area contributed by atoms with Gasteiger partial charge in [-0.2, -0.15) is 4.98 Å². The molecule has 0 N–H and O–H groups in total. The monoisotopic (exact) mass is 561 g/mol. The number of piperazine rings is 1. The van der Waals surface area contributed by atoms with Crippen LogP contribution in [0.3, 0.4) is 0 Å². The Balaban J connectivity index is 1.11. The highest BCUT2D eigenvalue weighted by Crippen LogP contribution is 2.37. The van der Waals surface area contributed by atoms with Gasteiger partial charge in [0.15, 0.2) is 5.82 Å². The molecule has 1 aromatic heterocycles. The van der Waals surface area contributed by atoms with Crippen LogP contribution < -0.4 is 0 Å².